The second-order valence-corrected chi connectivity index (χ2v) is 3.76. The van der Waals surface area contributed by atoms with E-state index in [0.29, 0.717) is 35.3 Å². The van der Waals surface area contributed by atoms with Crippen LogP contribution in [-0.2, 0) is 0 Å². The Labute approximate surface area is 103 Å². The number of aromatic nitrogens is 1. The number of rotatable bonds is 1. The molecule has 17 heavy (non-hydrogen) atoms. The lowest BCUT2D eigenvalue weighted by molar-refractivity contribution is 0.316. The molecule has 1 aliphatic rings. The molecule has 0 unspecified atom stereocenters. The van der Waals surface area contributed by atoms with Gasteiger partial charge in [-0.05, 0) is 12.2 Å². The Morgan fingerprint density at radius 2 is 2.47 bits per heavy atom. The van der Waals surface area contributed by atoms with Crippen LogP contribution in [0.4, 0.5) is 4.39 Å². The maximum absolute atomic E-state index is 13.0. The van der Waals surface area contributed by atoms with Crippen molar-refractivity contribution >= 4 is 23.0 Å². The van der Waals surface area contributed by atoms with Gasteiger partial charge in [0.15, 0.2) is 5.11 Å². The maximum Gasteiger partial charge on any atom is 0.186 e. The minimum absolute atomic E-state index is 0.409. The number of pyridine rings is 1. The molecule has 7 heteroatoms. The van der Waals surface area contributed by atoms with Crippen molar-refractivity contribution in [3.8, 4) is 5.75 Å². The molecule has 2 heterocycles. The van der Waals surface area contributed by atoms with Gasteiger partial charge in [0.1, 0.15) is 17.3 Å². The van der Waals surface area contributed by atoms with Crippen LogP contribution in [0.25, 0.3) is 0 Å². The third kappa shape index (κ3) is 2.68. The highest BCUT2D eigenvalue weighted by atomic mass is 32.1. The molecule has 1 aromatic heterocycles. The fourth-order valence-electron chi connectivity index (χ4n) is 1.41. The van der Waals surface area contributed by atoms with Gasteiger partial charge in [0, 0.05) is 19.5 Å². The van der Waals surface area contributed by atoms with Gasteiger partial charge >= 0.3 is 0 Å². The summed E-state index contributed by atoms with van der Waals surface area (Å²) in [5.41, 5.74) is 3.92. The zero-order valence-corrected chi connectivity index (χ0v) is 9.97. The molecule has 0 atom stereocenters. The zero-order chi connectivity index (χ0) is 12.3. The SMILES string of the molecule is CNC(=S)N/N=C1/CCOc2cc(F)cnc21. The van der Waals surface area contributed by atoms with Gasteiger partial charge in [0.2, 0.25) is 0 Å². The molecule has 1 aromatic rings. The fraction of sp³-hybridized carbons (Fsp3) is 0.300. The van der Waals surface area contributed by atoms with E-state index in [2.05, 4.69) is 20.8 Å². The molecule has 2 N–H and O–H groups in total. The average Bonchev–Trinajstić information content (AvgIpc) is 2.35. The average molecular weight is 254 g/mol. The first-order valence-corrected chi connectivity index (χ1v) is 5.44. The summed E-state index contributed by atoms with van der Waals surface area (Å²) in [6.45, 7) is 0.449. The minimum Gasteiger partial charge on any atom is -0.491 e. The molecule has 5 nitrogen and oxygen atoms in total. The zero-order valence-electron chi connectivity index (χ0n) is 9.16. The first kappa shape index (κ1) is 11.7. The number of hydrogen-bond donors (Lipinski definition) is 2. The van der Waals surface area contributed by atoms with E-state index in [1.54, 1.807) is 7.05 Å². The normalized spacial score (nSPS) is 16.0. The lowest BCUT2D eigenvalue weighted by Gasteiger charge is -2.17. The van der Waals surface area contributed by atoms with Crippen molar-refractivity contribution in [3.63, 3.8) is 0 Å². The molecule has 0 bridgehead atoms. The van der Waals surface area contributed by atoms with Crippen molar-refractivity contribution in [1.82, 2.24) is 15.7 Å². The molecule has 0 spiro atoms. The fourth-order valence-corrected chi connectivity index (χ4v) is 1.45. The number of nitrogens with zero attached hydrogens (tertiary/aromatic N) is 2. The Hall–Kier alpha value is -1.76. The van der Waals surface area contributed by atoms with Crippen molar-refractivity contribution in [2.45, 2.75) is 6.42 Å². The first-order chi connectivity index (χ1) is 8.20. The second kappa shape index (κ2) is 5.05. The number of hydrogen-bond acceptors (Lipinski definition) is 4. The highest BCUT2D eigenvalue weighted by molar-refractivity contribution is 7.80. The molecule has 0 aliphatic carbocycles. The van der Waals surface area contributed by atoms with Crippen LogP contribution in [0.3, 0.4) is 0 Å². The van der Waals surface area contributed by atoms with Crippen molar-refractivity contribution in [2.75, 3.05) is 13.7 Å². The Kier molecular flexibility index (Phi) is 3.48. The lowest BCUT2D eigenvalue weighted by atomic mass is 10.1. The predicted molar refractivity (Wildman–Crippen MR) is 65.6 cm³/mol. The van der Waals surface area contributed by atoms with E-state index in [4.69, 9.17) is 17.0 Å². The van der Waals surface area contributed by atoms with E-state index in [1.165, 1.54) is 6.07 Å². The number of hydrazone groups is 1. The monoisotopic (exact) mass is 254 g/mol. The summed E-state index contributed by atoms with van der Waals surface area (Å²) < 4.78 is 18.3. The molecule has 90 valence electrons. The van der Waals surface area contributed by atoms with Crippen molar-refractivity contribution in [3.05, 3.63) is 23.8 Å². The maximum atomic E-state index is 13.0. The first-order valence-electron chi connectivity index (χ1n) is 5.03. The Bertz CT molecular complexity index is 477. The molecule has 0 saturated heterocycles. The number of ether oxygens (including phenoxy) is 1. The number of halogens is 1. The molecule has 0 saturated carbocycles. The molecular formula is C10H11FN4OS. The summed E-state index contributed by atoms with van der Waals surface area (Å²) in [5, 5.41) is 7.27. The van der Waals surface area contributed by atoms with Crippen LogP contribution in [0.1, 0.15) is 12.1 Å². The van der Waals surface area contributed by atoms with Gasteiger partial charge in [-0.3, -0.25) is 5.43 Å². The van der Waals surface area contributed by atoms with Gasteiger partial charge < -0.3 is 10.1 Å². The summed E-state index contributed by atoms with van der Waals surface area (Å²) in [5.74, 6) is -0.0177. The Morgan fingerprint density at radius 1 is 1.65 bits per heavy atom. The van der Waals surface area contributed by atoms with Crippen LogP contribution >= 0.6 is 12.2 Å². The summed E-state index contributed by atoms with van der Waals surface area (Å²) in [4.78, 5) is 3.97. The van der Waals surface area contributed by atoms with Crippen LogP contribution in [0.5, 0.6) is 5.75 Å². The Balaban J connectivity index is 2.25. The molecule has 2 rings (SSSR count). The van der Waals surface area contributed by atoms with E-state index in [-0.39, 0.29) is 0 Å². The van der Waals surface area contributed by atoms with Gasteiger partial charge in [0.25, 0.3) is 0 Å². The third-order valence-electron chi connectivity index (χ3n) is 2.21. The highest BCUT2D eigenvalue weighted by Crippen LogP contribution is 2.23. The van der Waals surface area contributed by atoms with E-state index >= 15 is 0 Å². The number of thiocarbonyl (C=S) groups is 1. The number of fused-ring (bicyclic) bond motifs is 1. The van der Waals surface area contributed by atoms with Crippen LogP contribution in [0, 0.1) is 5.82 Å². The highest BCUT2D eigenvalue weighted by Gasteiger charge is 2.19. The molecule has 1 aliphatic heterocycles. The minimum atomic E-state index is -0.427. The van der Waals surface area contributed by atoms with Crippen molar-refractivity contribution < 1.29 is 9.13 Å². The topological polar surface area (TPSA) is 58.5 Å². The summed E-state index contributed by atoms with van der Waals surface area (Å²) in [6.07, 6.45) is 1.74. The predicted octanol–water partition coefficient (Wildman–Crippen LogP) is 0.801. The number of nitrogens with one attached hydrogen (secondary N) is 2. The quantitative estimate of drug-likeness (QED) is 0.573. The molecule has 0 radical (unpaired) electrons. The third-order valence-corrected chi connectivity index (χ3v) is 2.50. The van der Waals surface area contributed by atoms with Crippen LogP contribution in [0.15, 0.2) is 17.4 Å². The summed E-state index contributed by atoms with van der Waals surface area (Å²) in [6, 6.07) is 1.30. The van der Waals surface area contributed by atoms with E-state index in [9.17, 15) is 4.39 Å². The second-order valence-electron chi connectivity index (χ2n) is 3.35. The Morgan fingerprint density at radius 3 is 3.24 bits per heavy atom. The van der Waals surface area contributed by atoms with Crippen LogP contribution < -0.4 is 15.5 Å². The van der Waals surface area contributed by atoms with Gasteiger partial charge in [0.05, 0.1) is 18.5 Å². The van der Waals surface area contributed by atoms with Crippen molar-refractivity contribution in [1.29, 1.82) is 0 Å². The molecular weight excluding hydrogens is 243 g/mol. The van der Waals surface area contributed by atoms with Gasteiger partial charge in [-0.2, -0.15) is 5.10 Å². The van der Waals surface area contributed by atoms with Crippen LogP contribution in [0.2, 0.25) is 0 Å². The van der Waals surface area contributed by atoms with E-state index < -0.39 is 5.82 Å². The molecule has 0 amide bonds. The summed E-state index contributed by atoms with van der Waals surface area (Å²) >= 11 is 4.90. The van der Waals surface area contributed by atoms with Gasteiger partial charge in [-0.25, -0.2) is 9.37 Å². The van der Waals surface area contributed by atoms with Gasteiger partial charge in [-0.1, -0.05) is 0 Å². The molecule has 0 fully saturated rings. The lowest BCUT2D eigenvalue weighted by Crippen LogP contribution is -2.30. The van der Waals surface area contributed by atoms with E-state index in [0.717, 1.165) is 6.20 Å². The standard InChI is InChI=1S/C10H11FN4OS/c1-12-10(17)15-14-7-2-3-16-8-4-6(11)5-13-9(7)8/h4-5H,2-3H2,1H3,(H2,12,15,17)/b14-7-. The summed E-state index contributed by atoms with van der Waals surface area (Å²) in [7, 11) is 1.70. The largest absolute Gasteiger partial charge is 0.491 e. The smallest absolute Gasteiger partial charge is 0.186 e. The van der Waals surface area contributed by atoms with Crippen LogP contribution in [-0.4, -0.2) is 29.5 Å². The van der Waals surface area contributed by atoms with Crippen molar-refractivity contribution in [2.24, 2.45) is 5.10 Å². The van der Waals surface area contributed by atoms with E-state index in [1.807, 2.05) is 0 Å². The van der Waals surface area contributed by atoms with Gasteiger partial charge in [-0.15, -0.1) is 0 Å². The molecule has 0 aromatic carbocycles.